The topological polar surface area (TPSA) is 55.3 Å². The molecule has 0 unspecified atom stereocenters. The Bertz CT molecular complexity index is 1150. The van der Waals surface area contributed by atoms with Crippen LogP contribution in [-0.2, 0) is 6.42 Å². The maximum atomic E-state index is 13.4. The third-order valence-corrected chi connectivity index (χ3v) is 6.96. The first-order chi connectivity index (χ1) is 14.7. The predicted molar refractivity (Wildman–Crippen MR) is 120 cm³/mol. The Labute approximate surface area is 179 Å². The number of nitrogens with two attached hydrogens (primary N) is 1. The van der Waals surface area contributed by atoms with Crippen molar-refractivity contribution in [2.24, 2.45) is 0 Å². The van der Waals surface area contributed by atoms with Gasteiger partial charge in [-0.05, 0) is 50.4 Å². The summed E-state index contributed by atoms with van der Waals surface area (Å²) in [6.07, 6.45) is 4.94. The lowest BCUT2D eigenvalue weighted by atomic mass is 9.89. The number of halogens is 1. The van der Waals surface area contributed by atoms with Crippen LogP contribution in [-0.4, -0.2) is 29.5 Å². The molecule has 6 heteroatoms. The summed E-state index contributed by atoms with van der Waals surface area (Å²) in [7, 11) is 0. The van der Waals surface area contributed by atoms with Crippen LogP contribution in [0.1, 0.15) is 29.2 Å². The van der Waals surface area contributed by atoms with Crippen molar-refractivity contribution >= 4 is 27.4 Å². The predicted octanol–water partition coefficient (Wildman–Crippen LogP) is 5.70. The van der Waals surface area contributed by atoms with Crippen LogP contribution >= 0.6 is 11.3 Å². The summed E-state index contributed by atoms with van der Waals surface area (Å²) < 4.78 is 19.0. The molecule has 1 aliphatic heterocycles. The molecule has 0 amide bonds. The molecule has 3 heterocycles. The number of likely N-dealkylation sites (tertiary alicyclic amines) is 1. The maximum absolute atomic E-state index is 13.4. The quantitative estimate of drug-likeness (QED) is 0.449. The zero-order valence-corrected chi connectivity index (χ0v) is 17.5. The molecular formula is C24H24FN3OS. The van der Waals surface area contributed by atoms with Crippen LogP contribution in [0, 0.1) is 5.82 Å². The molecular weight excluding hydrogens is 397 g/mol. The zero-order valence-electron chi connectivity index (χ0n) is 16.7. The highest BCUT2D eigenvalue weighted by Crippen LogP contribution is 2.35. The van der Waals surface area contributed by atoms with Gasteiger partial charge >= 0.3 is 0 Å². The Morgan fingerprint density at radius 1 is 1.13 bits per heavy atom. The maximum Gasteiger partial charge on any atom is 0.180 e. The van der Waals surface area contributed by atoms with E-state index < -0.39 is 0 Å². The molecule has 0 saturated carbocycles. The van der Waals surface area contributed by atoms with Gasteiger partial charge in [-0.2, -0.15) is 0 Å². The first kappa shape index (κ1) is 19.3. The van der Waals surface area contributed by atoms with E-state index >= 15 is 0 Å². The van der Waals surface area contributed by atoms with E-state index in [1.54, 1.807) is 11.3 Å². The SMILES string of the molecule is Nc1nc(-c2ccccc2)c(CCN2CCC(c3coc4cc(F)ccc34)CC2)s1. The van der Waals surface area contributed by atoms with Crippen LogP contribution in [0.15, 0.2) is 59.2 Å². The standard InChI is InChI=1S/C24H24FN3OS/c25-18-6-7-19-20(15-29-21(19)14-18)16-8-11-28(12-9-16)13-10-22-23(27-24(26)30-22)17-4-2-1-3-5-17/h1-7,14-16H,8-13H2,(H2,26,27). The summed E-state index contributed by atoms with van der Waals surface area (Å²) in [6.45, 7) is 3.10. The van der Waals surface area contributed by atoms with Crippen molar-refractivity contribution in [3.63, 3.8) is 0 Å². The summed E-state index contributed by atoms with van der Waals surface area (Å²) in [4.78, 5) is 8.34. The molecule has 1 saturated heterocycles. The largest absolute Gasteiger partial charge is 0.464 e. The first-order valence-corrected chi connectivity index (χ1v) is 11.2. The minimum Gasteiger partial charge on any atom is -0.464 e. The van der Waals surface area contributed by atoms with Gasteiger partial charge < -0.3 is 15.1 Å². The van der Waals surface area contributed by atoms with Crippen molar-refractivity contribution < 1.29 is 8.81 Å². The van der Waals surface area contributed by atoms with Gasteiger partial charge in [0.05, 0.1) is 12.0 Å². The smallest absolute Gasteiger partial charge is 0.180 e. The molecule has 2 aromatic heterocycles. The number of benzene rings is 2. The Morgan fingerprint density at radius 2 is 1.93 bits per heavy atom. The van der Waals surface area contributed by atoms with Crippen LogP contribution in [0.4, 0.5) is 9.52 Å². The average molecular weight is 422 g/mol. The number of furan rings is 1. The summed E-state index contributed by atoms with van der Waals surface area (Å²) in [6, 6.07) is 15.1. The Morgan fingerprint density at radius 3 is 2.73 bits per heavy atom. The number of anilines is 1. The lowest BCUT2D eigenvalue weighted by Crippen LogP contribution is -2.34. The van der Waals surface area contributed by atoms with Gasteiger partial charge in [0.1, 0.15) is 11.4 Å². The fourth-order valence-corrected chi connectivity index (χ4v) is 5.27. The number of nitrogen functional groups attached to an aromatic ring is 1. The van der Waals surface area contributed by atoms with E-state index in [-0.39, 0.29) is 5.82 Å². The molecule has 154 valence electrons. The average Bonchev–Trinajstić information content (AvgIpc) is 3.36. The number of fused-ring (bicyclic) bond motifs is 1. The summed E-state index contributed by atoms with van der Waals surface area (Å²) in [5, 5.41) is 1.67. The van der Waals surface area contributed by atoms with Crippen LogP contribution < -0.4 is 5.73 Å². The molecule has 0 atom stereocenters. The van der Waals surface area contributed by atoms with Crippen LogP contribution in [0.25, 0.3) is 22.2 Å². The molecule has 2 aromatic carbocycles. The van der Waals surface area contributed by atoms with Crippen molar-refractivity contribution in [2.75, 3.05) is 25.4 Å². The molecule has 0 radical (unpaired) electrons. The van der Waals surface area contributed by atoms with Gasteiger partial charge in [0, 0.05) is 34.0 Å². The van der Waals surface area contributed by atoms with Crippen molar-refractivity contribution in [1.29, 1.82) is 0 Å². The van der Waals surface area contributed by atoms with Gasteiger partial charge in [0.15, 0.2) is 5.13 Å². The van der Waals surface area contributed by atoms with Gasteiger partial charge in [-0.3, -0.25) is 0 Å². The fourth-order valence-electron chi connectivity index (χ4n) is 4.43. The molecule has 4 aromatic rings. The van der Waals surface area contributed by atoms with Crippen LogP contribution in [0.2, 0.25) is 0 Å². The van der Waals surface area contributed by atoms with Gasteiger partial charge in [-0.1, -0.05) is 30.3 Å². The Hall–Kier alpha value is -2.70. The highest BCUT2D eigenvalue weighted by molar-refractivity contribution is 7.15. The van der Waals surface area contributed by atoms with Gasteiger partial charge in [-0.25, -0.2) is 9.37 Å². The number of hydrogen-bond acceptors (Lipinski definition) is 5. The molecule has 4 nitrogen and oxygen atoms in total. The lowest BCUT2D eigenvalue weighted by molar-refractivity contribution is 0.215. The fraction of sp³-hybridized carbons (Fsp3) is 0.292. The lowest BCUT2D eigenvalue weighted by Gasteiger charge is -2.31. The van der Waals surface area contributed by atoms with E-state index in [0.29, 0.717) is 16.6 Å². The van der Waals surface area contributed by atoms with E-state index in [9.17, 15) is 4.39 Å². The number of piperidine rings is 1. The molecule has 0 spiro atoms. The monoisotopic (exact) mass is 421 g/mol. The second-order valence-electron chi connectivity index (χ2n) is 7.89. The summed E-state index contributed by atoms with van der Waals surface area (Å²) in [5.74, 6) is 0.212. The normalized spacial score (nSPS) is 15.8. The van der Waals surface area contributed by atoms with E-state index in [1.807, 2.05) is 30.5 Å². The number of nitrogens with zero attached hydrogens (tertiary/aromatic N) is 2. The number of thiazole rings is 1. The van der Waals surface area contributed by atoms with Crippen molar-refractivity contribution in [3.05, 3.63) is 71.1 Å². The van der Waals surface area contributed by atoms with E-state index in [2.05, 4.69) is 22.0 Å². The highest BCUT2D eigenvalue weighted by Gasteiger charge is 2.24. The van der Waals surface area contributed by atoms with Crippen molar-refractivity contribution in [2.45, 2.75) is 25.2 Å². The van der Waals surface area contributed by atoms with Crippen molar-refractivity contribution in [3.8, 4) is 11.3 Å². The Balaban J connectivity index is 1.22. The molecule has 0 bridgehead atoms. The van der Waals surface area contributed by atoms with Crippen molar-refractivity contribution in [1.82, 2.24) is 9.88 Å². The highest BCUT2D eigenvalue weighted by atomic mass is 32.1. The molecule has 30 heavy (non-hydrogen) atoms. The number of rotatable bonds is 5. The number of aromatic nitrogens is 1. The molecule has 1 aliphatic rings. The van der Waals surface area contributed by atoms with E-state index in [0.717, 1.165) is 55.5 Å². The van der Waals surface area contributed by atoms with Gasteiger partial charge in [0.25, 0.3) is 0 Å². The minimum atomic E-state index is -0.253. The second kappa shape index (κ2) is 8.20. The number of hydrogen-bond donors (Lipinski definition) is 1. The Kier molecular flexibility index (Phi) is 5.27. The van der Waals surface area contributed by atoms with E-state index in [4.69, 9.17) is 10.2 Å². The third kappa shape index (κ3) is 3.85. The third-order valence-electron chi connectivity index (χ3n) is 6.01. The van der Waals surface area contributed by atoms with Crippen LogP contribution in [0.5, 0.6) is 0 Å². The minimum absolute atomic E-state index is 0.253. The van der Waals surface area contributed by atoms with Crippen LogP contribution in [0.3, 0.4) is 0 Å². The molecule has 5 rings (SSSR count). The molecule has 2 N–H and O–H groups in total. The first-order valence-electron chi connectivity index (χ1n) is 10.4. The molecule has 0 aliphatic carbocycles. The van der Waals surface area contributed by atoms with E-state index in [1.165, 1.54) is 22.6 Å². The molecule has 1 fully saturated rings. The summed E-state index contributed by atoms with van der Waals surface area (Å²) >= 11 is 1.60. The zero-order chi connectivity index (χ0) is 20.5. The van der Waals surface area contributed by atoms with Gasteiger partial charge in [-0.15, -0.1) is 11.3 Å². The summed E-state index contributed by atoms with van der Waals surface area (Å²) in [5.41, 5.74) is 10.0. The second-order valence-corrected chi connectivity index (χ2v) is 9.00. The van der Waals surface area contributed by atoms with Gasteiger partial charge in [0.2, 0.25) is 0 Å².